The zero-order valence-corrected chi connectivity index (χ0v) is 15.0. The fraction of sp³-hybridized carbons (Fsp3) is 0.556. The van der Waals surface area contributed by atoms with Crippen LogP contribution in [0.3, 0.4) is 0 Å². The van der Waals surface area contributed by atoms with Crippen LogP contribution < -0.4 is 5.32 Å². The number of amides is 1. The molecule has 1 N–H and O–H groups in total. The van der Waals surface area contributed by atoms with Crippen molar-refractivity contribution in [3.8, 4) is 0 Å². The van der Waals surface area contributed by atoms with Crippen molar-refractivity contribution < 1.29 is 27.5 Å². The number of rotatable bonds is 5. The highest BCUT2D eigenvalue weighted by atomic mass is 19.4. The van der Waals surface area contributed by atoms with Gasteiger partial charge in [-0.05, 0) is 38.3 Å². The van der Waals surface area contributed by atoms with E-state index in [-0.39, 0.29) is 11.5 Å². The van der Waals surface area contributed by atoms with Gasteiger partial charge in [-0.15, -0.1) is 0 Å². The van der Waals surface area contributed by atoms with Crippen molar-refractivity contribution in [2.45, 2.75) is 52.4 Å². The molecular weight excluding hydrogens is 335 g/mol. The molecule has 1 amide bonds. The molecule has 25 heavy (non-hydrogen) atoms. The molecule has 7 heteroatoms. The molecule has 0 unspecified atom stereocenters. The maximum Gasteiger partial charge on any atom is 0.416 e. The number of hydrogen-bond donors (Lipinski definition) is 1. The molecule has 4 nitrogen and oxygen atoms in total. The number of nitrogens with one attached hydrogen (secondary N) is 1. The van der Waals surface area contributed by atoms with E-state index in [0.717, 1.165) is 6.07 Å². The number of alkyl halides is 3. The third-order valence-electron chi connectivity index (χ3n) is 3.59. The highest BCUT2D eigenvalue weighted by Crippen LogP contribution is 2.38. The van der Waals surface area contributed by atoms with E-state index in [2.05, 4.69) is 5.32 Å². The highest BCUT2D eigenvalue weighted by molar-refractivity contribution is 5.70. The number of ether oxygens (including phenoxy) is 1. The maximum absolute atomic E-state index is 13.4. The largest absolute Gasteiger partial charge is 0.444 e. The Balaban J connectivity index is 3.34. The van der Waals surface area contributed by atoms with Crippen LogP contribution in [-0.4, -0.2) is 18.0 Å². The van der Waals surface area contributed by atoms with Crippen molar-refractivity contribution >= 4 is 12.4 Å². The summed E-state index contributed by atoms with van der Waals surface area (Å²) in [6.45, 7) is 8.35. The highest BCUT2D eigenvalue weighted by Gasteiger charge is 2.38. The summed E-state index contributed by atoms with van der Waals surface area (Å²) in [7, 11) is 0. The van der Waals surface area contributed by atoms with Crippen LogP contribution in [0.1, 0.15) is 51.8 Å². The second-order valence-corrected chi connectivity index (χ2v) is 7.17. The zero-order valence-electron chi connectivity index (χ0n) is 15.0. The van der Waals surface area contributed by atoms with Gasteiger partial charge in [0.15, 0.2) is 0 Å². The van der Waals surface area contributed by atoms with Crippen LogP contribution in [0.25, 0.3) is 0 Å². The van der Waals surface area contributed by atoms with Gasteiger partial charge in [-0.25, -0.2) is 4.79 Å². The van der Waals surface area contributed by atoms with E-state index in [1.807, 2.05) is 0 Å². The molecule has 0 aliphatic heterocycles. The van der Waals surface area contributed by atoms with Crippen molar-refractivity contribution in [1.82, 2.24) is 5.32 Å². The third-order valence-corrected chi connectivity index (χ3v) is 3.59. The number of alkyl carbamates (subject to hydrolysis) is 1. The SMILES string of the molecule is CC(C)[C@@H](C=O)[C@H](NC(=O)OC(C)(C)C)c1ccccc1C(F)(F)F. The lowest BCUT2D eigenvalue weighted by atomic mass is 9.83. The standard InChI is InChI=1S/C18H24F3NO3/c1-11(2)13(10-23)15(22-16(24)25-17(3,4)5)12-8-6-7-9-14(12)18(19,20)21/h6-11,13,15H,1-5H3,(H,22,24)/t13-,15-/m1/s1. The molecule has 1 rings (SSSR count). The number of halogens is 3. The van der Waals surface area contributed by atoms with E-state index in [4.69, 9.17) is 4.74 Å². The minimum absolute atomic E-state index is 0.161. The topological polar surface area (TPSA) is 55.4 Å². The monoisotopic (exact) mass is 359 g/mol. The van der Waals surface area contributed by atoms with Gasteiger partial charge in [0, 0.05) is 5.92 Å². The molecule has 1 aromatic carbocycles. The second-order valence-electron chi connectivity index (χ2n) is 7.17. The van der Waals surface area contributed by atoms with Gasteiger partial charge in [-0.1, -0.05) is 32.0 Å². The third kappa shape index (κ3) is 6.07. The molecule has 2 atom stereocenters. The van der Waals surface area contributed by atoms with Crippen LogP contribution in [0.15, 0.2) is 24.3 Å². The van der Waals surface area contributed by atoms with Crippen LogP contribution in [0, 0.1) is 11.8 Å². The molecule has 140 valence electrons. The molecule has 1 aromatic rings. The van der Waals surface area contributed by atoms with Gasteiger partial charge < -0.3 is 14.8 Å². The fourth-order valence-electron chi connectivity index (χ4n) is 2.46. The van der Waals surface area contributed by atoms with Crippen molar-refractivity contribution in [2.24, 2.45) is 11.8 Å². The van der Waals surface area contributed by atoms with Crippen LogP contribution in [0.5, 0.6) is 0 Å². The van der Waals surface area contributed by atoms with Crippen LogP contribution in [0.2, 0.25) is 0 Å². The van der Waals surface area contributed by atoms with E-state index in [1.54, 1.807) is 34.6 Å². The summed E-state index contributed by atoms with van der Waals surface area (Å²) in [5.41, 5.74) is -1.86. The second kappa shape index (κ2) is 7.89. The van der Waals surface area contributed by atoms with E-state index >= 15 is 0 Å². The molecule has 0 aliphatic carbocycles. The first-order valence-corrected chi connectivity index (χ1v) is 7.97. The molecule has 0 heterocycles. The first-order chi connectivity index (χ1) is 11.4. The predicted molar refractivity (Wildman–Crippen MR) is 87.9 cm³/mol. The Morgan fingerprint density at radius 1 is 1.16 bits per heavy atom. The number of benzene rings is 1. The number of hydrogen-bond acceptors (Lipinski definition) is 3. The van der Waals surface area contributed by atoms with E-state index in [1.165, 1.54) is 18.2 Å². The normalized spacial score (nSPS) is 14.8. The lowest BCUT2D eigenvalue weighted by molar-refractivity contribution is -0.139. The molecule has 0 aromatic heterocycles. The zero-order chi connectivity index (χ0) is 19.4. The Bertz CT molecular complexity index is 606. The predicted octanol–water partition coefficient (Wildman–Crippen LogP) is 4.74. The quantitative estimate of drug-likeness (QED) is 0.773. The Labute approximate surface area is 145 Å². The van der Waals surface area contributed by atoms with Crippen LogP contribution >= 0.6 is 0 Å². The van der Waals surface area contributed by atoms with Crippen molar-refractivity contribution in [2.75, 3.05) is 0 Å². The van der Waals surface area contributed by atoms with Gasteiger partial charge in [0.2, 0.25) is 0 Å². The average Bonchev–Trinajstić information content (AvgIpc) is 2.43. The van der Waals surface area contributed by atoms with Gasteiger partial charge in [0.1, 0.15) is 11.9 Å². The molecule has 0 bridgehead atoms. The average molecular weight is 359 g/mol. The molecule has 0 saturated heterocycles. The van der Waals surface area contributed by atoms with Gasteiger partial charge >= 0.3 is 12.3 Å². The van der Waals surface area contributed by atoms with Gasteiger partial charge in [-0.3, -0.25) is 0 Å². The Kier molecular flexibility index (Phi) is 6.62. The molecule has 0 radical (unpaired) electrons. The summed E-state index contributed by atoms with van der Waals surface area (Å²) in [4.78, 5) is 23.6. The lowest BCUT2D eigenvalue weighted by Crippen LogP contribution is -2.40. The van der Waals surface area contributed by atoms with Crippen molar-refractivity contribution in [3.63, 3.8) is 0 Å². The van der Waals surface area contributed by atoms with Crippen LogP contribution in [0.4, 0.5) is 18.0 Å². The van der Waals surface area contributed by atoms with Crippen LogP contribution in [-0.2, 0) is 15.7 Å². The number of carbonyl (C=O) groups is 2. The Morgan fingerprint density at radius 3 is 2.16 bits per heavy atom. The van der Waals surface area contributed by atoms with Gasteiger partial charge in [0.25, 0.3) is 0 Å². The molecular formula is C18H24F3NO3. The van der Waals surface area contributed by atoms with Gasteiger partial charge in [-0.2, -0.15) is 13.2 Å². The summed E-state index contributed by atoms with van der Waals surface area (Å²) in [6.07, 6.45) is -4.91. The summed E-state index contributed by atoms with van der Waals surface area (Å²) in [5, 5.41) is 2.44. The van der Waals surface area contributed by atoms with Crippen molar-refractivity contribution in [3.05, 3.63) is 35.4 Å². The fourth-order valence-corrected chi connectivity index (χ4v) is 2.46. The Morgan fingerprint density at radius 2 is 1.72 bits per heavy atom. The summed E-state index contributed by atoms with van der Waals surface area (Å²) >= 11 is 0. The molecule has 0 fully saturated rings. The summed E-state index contributed by atoms with van der Waals surface area (Å²) in [5.74, 6) is -1.12. The number of carbonyl (C=O) groups excluding carboxylic acids is 2. The number of aldehydes is 1. The van der Waals surface area contributed by atoms with Gasteiger partial charge in [0.05, 0.1) is 11.6 Å². The smallest absolute Gasteiger partial charge is 0.416 e. The van der Waals surface area contributed by atoms with E-state index < -0.39 is 35.4 Å². The summed E-state index contributed by atoms with van der Waals surface area (Å²) < 4.78 is 45.2. The minimum Gasteiger partial charge on any atom is -0.444 e. The first kappa shape index (κ1) is 21.0. The first-order valence-electron chi connectivity index (χ1n) is 7.97. The van der Waals surface area contributed by atoms with E-state index in [0.29, 0.717) is 6.29 Å². The molecule has 0 saturated carbocycles. The molecule has 0 spiro atoms. The maximum atomic E-state index is 13.4. The van der Waals surface area contributed by atoms with E-state index in [9.17, 15) is 22.8 Å². The summed E-state index contributed by atoms with van der Waals surface area (Å²) in [6, 6.07) is 3.76. The van der Waals surface area contributed by atoms with Crippen molar-refractivity contribution in [1.29, 1.82) is 0 Å². The molecule has 0 aliphatic rings. The Hall–Kier alpha value is -2.05. The minimum atomic E-state index is -4.60. The lowest BCUT2D eigenvalue weighted by Gasteiger charge is -2.30.